The molecule has 2 heterocycles. The number of rotatable bonds is 4. The lowest BCUT2D eigenvalue weighted by Crippen LogP contribution is -2.15. The summed E-state index contributed by atoms with van der Waals surface area (Å²) in [5.74, 6) is -0.679. The molecule has 0 amide bonds. The maximum Gasteiger partial charge on any atom is 0.306 e. The van der Waals surface area contributed by atoms with Gasteiger partial charge < -0.3 is 5.11 Å². The molecule has 0 aliphatic heterocycles. The summed E-state index contributed by atoms with van der Waals surface area (Å²) in [6, 6.07) is 1.85. The number of aliphatic carboxylic acids is 1. The Morgan fingerprint density at radius 1 is 1.35 bits per heavy atom. The SMILES string of the molecule is Cc1nc(-c2ccn(C)n2)nc(C)c1CC(C)C(=O)O. The highest BCUT2D eigenvalue weighted by Gasteiger charge is 2.17. The van der Waals surface area contributed by atoms with E-state index in [2.05, 4.69) is 15.1 Å². The van der Waals surface area contributed by atoms with Crippen molar-refractivity contribution in [3.8, 4) is 11.5 Å². The van der Waals surface area contributed by atoms with Crippen molar-refractivity contribution in [2.45, 2.75) is 27.2 Å². The highest BCUT2D eigenvalue weighted by Crippen LogP contribution is 2.19. The van der Waals surface area contributed by atoms with Crippen LogP contribution in [0.25, 0.3) is 11.5 Å². The number of aromatic nitrogens is 4. The quantitative estimate of drug-likeness (QED) is 0.918. The Morgan fingerprint density at radius 2 is 1.95 bits per heavy atom. The Kier molecular flexibility index (Phi) is 3.83. The molecule has 0 spiro atoms. The number of aryl methyl sites for hydroxylation is 3. The van der Waals surface area contributed by atoms with E-state index in [1.54, 1.807) is 11.6 Å². The Labute approximate surface area is 117 Å². The zero-order chi connectivity index (χ0) is 14.9. The Bertz CT molecular complexity index is 625. The first-order valence-corrected chi connectivity index (χ1v) is 6.45. The van der Waals surface area contributed by atoms with Crippen molar-refractivity contribution in [1.29, 1.82) is 0 Å². The maximum absolute atomic E-state index is 11.0. The van der Waals surface area contributed by atoms with Crippen molar-refractivity contribution < 1.29 is 9.90 Å². The summed E-state index contributed by atoms with van der Waals surface area (Å²) in [7, 11) is 1.84. The van der Waals surface area contributed by atoms with Crippen LogP contribution in [0, 0.1) is 19.8 Å². The molecule has 2 aromatic heterocycles. The molecule has 0 fully saturated rings. The lowest BCUT2D eigenvalue weighted by molar-refractivity contribution is -0.141. The minimum Gasteiger partial charge on any atom is -0.481 e. The normalized spacial score (nSPS) is 12.4. The third-order valence-electron chi connectivity index (χ3n) is 3.30. The Morgan fingerprint density at radius 3 is 2.40 bits per heavy atom. The van der Waals surface area contributed by atoms with Crippen LogP contribution in [0.3, 0.4) is 0 Å². The molecule has 106 valence electrons. The molecular weight excluding hydrogens is 256 g/mol. The number of carbonyl (C=O) groups is 1. The van der Waals surface area contributed by atoms with Crippen molar-refractivity contribution in [2.24, 2.45) is 13.0 Å². The minimum absolute atomic E-state index is 0.440. The molecule has 6 heteroatoms. The molecular formula is C14H18N4O2. The third-order valence-corrected chi connectivity index (χ3v) is 3.30. The molecule has 0 aliphatic carbocycles. The first kappa shape index (κ1) is 14.2. The van der Waals surface area contributed by atoms with E-state index in [0.717, 1.165) is 22.6 Å². The second-order valence-electron chi connectivity index (χ2n) is 5.01. The van der Waals surface area contributed by atoms with Gasteiger partial charge >= 0.3 is 5.97 Å². The number of hydrogen-bond donors (Lipinski definition) is 1. The van der Waals surface area contributed by atoms with E-state index in [1.807, 2.05) is 33.2 Å². The lowest BCUT2D eigenvalue weighted by Gasteiger charge is -2.12. The van der Waals surface area contributed by atoms with Crippen LogP contribution >= 0.6 is 0 Å². The van der Waals surface area contributed by atoms with Crippen LogP contribution in [-0.4, -0.2) is 30.8 Å². The van der Waals surface area contributed by atoms with Gasteiger partial charge in [0.1, 0.15) is 5.69 Å². The fourth-order valence-corrected chi connectivity index (χ4v) is 2.08. The summed E-state index contributed by atoms with van der Waals surface area (Å²) < 4.78 is 1.70. The van der Waals surface area contributed by atoms with Gasteiger partial charge in [0.15, 0.2) is 5.82 Å². The van der Waals surface area contributed by atoms with Gasteiger partial charge in [-0.3, -0.25) is 9.48 Å². The zero-order valence-electron chi connectivity index (χ0n) is 12.1. The Hall–Kier alpha value is -2.24. The van der Waals surface area contributed by atoms with Crippen molar-refractivity contribution in [3.63, 3.8) is 0 Å². The highest BCUT2D eigenvalue weighted by atomic mass is 16.4. The molecule has 6 nitrogen and oxygen atoms in total. The second kappa shape index (κ2) is 5.40. The predicted molar refractivity (Wildman–Crippen MR) is 74.2 cm³/mol. The van der Waals surface area contributed by atoms with Crippen LogP contribution in [0.2, 0.25) is 0 Å². The summed E-state index contributed by atoms with van der Waals surface area (Å²) in [6.45, 7) is 5.45. The van der Waals surface area contributed by atoms with E-state index in [4.69, 9.17) is 5.11 Å². The third kappa shape index (κ3) is 2.84. The summed E-state index contributed by atoms with van der Waals surface area (Å²) in [6.07, 6.45) is 2.28. The lowest BCUT2D eigenvalue weighted by atomic mass is 9.99. The van der Waals surface area contributed by atoms with Gasteiger partial charge in [0.05, 0.1) is 5.92 Å². The molecule has 2 aromatic rings. The van der Waals surface area contributed by atoms with Crippen LogP contribution in [-0.2, 0) is 18.3 Å². The highest BCUT2D eigenvalue weighted by molar-refractivity contribution is 5.70. The van der Waals surface area contributed by atoms with Gasteiger partial charge in [0.25, 0.3) is 0 Å². The predicted octanol–water partition coefficient (Wildman–Crippen LogP) is 1.76. The molecule has 20 heavy (non-hydrogen) atoms. The minimum atomic E-state index is -0.808. The topological polar surface area (TPSA) is 80.9 Å². The van der Waals surface area contributed by atoms with Gasteiger partial charge in [-0.25, -0.2) is 9.97 Å². The van der Waals surface area contributed by atoms with Gasteiger partial charge in [-0.15, -0.1) is 0 Å². The van der Waals surface area contributed by atoms with E-state index < -0.39 is 11.9 Å². The fourth-order valence-electron chi connectivity index (χ4n) is 2.08. The van der Waals surface area contributed by atoms with Crippen LogP contribution in [0.5, 0.6) is 0 Å². The molecule has 0 bridgehead atoms. The second-order valence-corrected chi connectivity index (χ2v) is 5.01. The molecule has 0 aliphatic rings. The van der Waals surface area contributed by atoms with Gasteiger partial charge in [0.2, 0.25) is 0 Å². The summed E-state index contributed by atoms with van der Waals surface area (Å²) in [5.41, 5.74) is 3.24. The first-order chi connectivity index (χ1) is 9.38. The first-order valence-electron chi connectivity index (χ1n) is 6.45. The molecule has 0 saturated carbocycles. The van der Waals surface area contributed by atoms with Gasteiger partial charge in [-0.1, -0.05) is 6.92 Å². The van der Waals surface area contributed by atoms with Gasteiger partial charge in [-0.2, -0.15) is 5.10 Å². The van der Waals surface area contributed by atoms with Crippen molar-refractivity contribution in [2.75, 3.05) is 0 Å². The van der Waals surface area contributed by atoms with E-state index in [0.29, 0.717) is 12.2 Å². The number of carboxylic acid groups (broad SMARTS) is 1. The molecule has 1 unspecified atom stereocenters. The Balaban J connectivity index is 2.36. The van der Waals surface area contributed by atoms with Crippen LogP contribution in [0.4, 0.5) is 0 Å². The monoisotopic (exact) mass is 274 g/mol. The molecule has 0 saturated heterocycles. The van der Waals surface area contributed by atoms with E-state index in [1.165, 1.54) is 0 Å². The molecule has 1 atom stereocenters. The van der Waals surface area contributed by atoms with Crippen LogP contribution in [0.15, 0.2) is 12.3 Å². The number of hydrogen-bond acceptors (Lipinski definition) is 4. The summed E-state index contributed by atoms with van der Waals surface area (Å²) in [5, 5.41) is 13.3. The number of nitrogens with zero attached hydrogens (tertiary/aromatic N) is 4. The fraction of sp³-hybridized carbons (Fsp3) is 0.429. The molecule has 2 rings (SSSR count). The average Bonchev–Trinajstić information content (AvgIpc) is 2.79. The largest absolute Gasteiger partial charge is 0.481 e. The molecule has 0 radical (unpaired) electrons. The summed E-state index contributed by atoms with van der Waals surface area (Å²) >= 11 is 0. The van der Waals surface area contributed by atoms with Crippen molar-refractivity contribution in [1.82, 2.24) is 19.7 Å². The standard InChI is InChI=1S/C14H18N4O2/c1-8(14(19)20)7-11-9(2)15-13(16-10(11)3)12-5-6-18(4)17-12/h5-6,8H,7H2,1-4H3,(H,19,20). The molecule has 0 aromatic carbocycles. The van der Waals surface area contributed by atoms with Crippen LogP contribution < -0.4 is 0 Å². The van der Waals surface area contributed by atoms with Gasteiger partial charge in [0, 0.05) is 24.6 Å². The average molecular weight is 274 g/mol. The maximum atomic E-state index is 11.0. The zero-order valence-corrected chi connectivity index (χ0v) is 12.1. The van der Waals surface area contributed by atoms with E-state index >= 15 is 0 Å². The molecule has 1 N–H and O–H groups in total. The summed E-state index contributed by atoms with van der Waals surface area (Å²) in [4.78, 5) is 19.9. The van der Waals surface area contributed by atoms with Gasteiger partial charge in [-0.05, 0) is 31.9 Å². The van der Waals surface area contributed by atoms with Crippen molar-refractivity contribution in [3.05, 3.63) is 29.2 Å². The van der Waals surface area contributed by atoms with E-state index in [-0.39, 0.29) is 0 Å². The number of carboxylic acids is 1. The van der Waals surface area contributed by atoms with Crippen LogP contribution in [0.1, 0.15) is 23.9 Å². The van der Waals surface area contributed by atoms with Crippen molar-refractivity contribution >= 4 is 5.97 Å². The van der Waals surface area contributed by atoms with E-state index in [9.17, 15) is 4.79 Å². The smallest absolute Gasteiger partial charge is 0.306 e.